The lowest BCUT2D eigenvalue weighted by molar-refractivity contribution is 0.191. The van der Waals surface area contributed by atoms with Gasteiger partial charge in [0, 0.05) is 13.7 Å². The second-order valence-corrected chi connectivity index (χ2v) is 6.98. The van der Waals surface area contributed by atoms with Crippen LogP contribution in [0.3, 0.4) is 0 Å². The first-order valence-corrected chi connectivity index (χ1v) is 9.12. The van der Waals surface area contributed by atoms with Crippen LogP contribution in [-0.2, 0) is 16.7 Å². The van der Waals surface area contributed by atoms with Crippen molar-refractivity contribution in [2.45, 2.75) is 44.6 Å². The average molecular weight is 323 g/mol. The smallest absolute Gasteiger partial charge is 0.0668 e. The Morgan fingerprint density at radius 1 is 1.08 bits per heavy atom. The first-order valence-electron chi connectivity index (χ1n) is 9.12. The molecule has 0 unspecified atom stereocenters. The fourth-order valence-electron chi connectivity index (χ4n) is 4.21. The van der Waals surface area contributed by atoms with Gasteiger partial charge in [-0.05, 0) is 47.9 Å². The number of fused-ring (bicyclic) bond motifs is 2. The third-order valence-electron chi connectivity index (χ3n) is 5.38. The van der Waals surface area contributed by atoms with Crippen LogP contribution in [0.5, 0.6) is 0 Å². The van der Waals surface area contributed by atoms with Gasteiger partial charge in [0.1, 0.15) is 0 Å². The van der Waals surface area contributed by atoms with E-state index in [1.54, 1.807) is 7.11 Å². The van der Waals surface area contributed by atoms with Gasteiger partial charge in [0.15, 0.2) is 0 Å². The van der Waals surface area contributed by atoms with E-state index in [2.05, 4.69) is 67.7 Å². The number of benzene rings is 2. The molecular weight excluding hydrogens is 294 g/mol. The largest absolute Gasteiger partial charge is 0.383 e. The van der Waals surface area contributed by atoms with Crippen LogP contribution in [0.25, 0.3) is 0 Å². The maximum absolute atomic E-state index is 5.28. The zero-order valence-electron chi connectivity index (χ0n) is 15.1. The summed E-state index contributed by atoms with van der Waals surface area (Å²) in [4.78, 5) is 0. The molecule has 0 amide bonds. The lowest BCUT2D eigenvalue weighted by Gasteiger charge is -2.34. The summed E-state index contributed by atoms with van der Waals surface area (Å²) in [5, 5.41) is 3.79. The molecule has 0 radical (unpaired) electrons. The van der Waals surface area contributed by atoms with Gasteiger partial charge in [-0.1, -0.05) is 61.9 Å². The van der Waals surface area contributed by atoms with Crippen LogP contribution in [0, 0.1) is 0 Å². The Hall–Kier alpha value is -1.64. The molecule has 0 bridgehead atoms. The third kappa shape index (κ3) is 3.13. The number of rotatable bonds is 6. The molecule has 1 aliphatic rings. The lowest BCUT2D eigenvalue weighted by atomic mass is 9.81. The molecule has 0 spiro atoms. The van der Waals surface area contributed by atoms with Crippen LogP contribution < -0.4 is 5.32 Å². The zero-order chi connectivity index (χ0) is 17.0. The minimum Gasteiger partial charge on any atom is -0.383 e. The van der Waals surface area contributed by atoms with E-state index in [-0.39, 0.29) is 5.54 Å². The predicted octanol–water partition coefficient (Wildman–Crippen LogP) is 4.63. The van der Waals surface area contributed by atoms with Crippen LogP contribution >= 0.6 is 0 Å². The van der Waals surface area contributed by atoms with Crippen LogP contribution in [0.1, 0.15) is 54.9 Å². The van der Waals surface area contributed by atoms with Crippen molar-refractivity contribution < 1.29 is 4.74 Å². The first kappa shape index (κ1) is 17.2. The number of methoxy groups -OCH3 is 1. The molecule has 2 aromatic rings. The molecular formula is C22H29NO. The quantitative estimate of drug-likeness (QED) is 0.783. The van der Waals surface area contributed by atoms with E-state index < -0.39 is 0 Å². The summed E-state index contributed by atoms with van der Waals surface area (Å²) in [5.41, 5.74) is 5.63. The van der Waals surface area contributed by atoms with Crippen LogP contribution in [0.4, 0.5) is 0 Å². The average Bonchev–Trinajstić information content (AvgIpc) is 2.71. The van der Waals surface area contributed by atoms with Gasteiger partial charge in [0.25, 0.3) is 0 Å². The normalized spacial score (nSPS) is 22.5. The molecule has 24 heavy (non-hydrogen) atoms. The Labute approximate surface area is 146 Å². The van der Waals surface area contributed by atoms with Crippen molar-refractivity contribution in [3.05, 3.63) is 70.8 Å². The molecule has 0 saturated carbocycles. The van der Waals surface area contributed by atoms with Gasteiger partial charge < -0.3 is 10.1 Å². The fraction of sp³-hybridized carbons (Fsp3) is 0.455. The molecule has 0 heterocycles. The molecule has 2 atom stereocenters. The lowest BCUT2D eigenvalue weighted by Crippen LogP contribution is -2.43. The van der Waals surface area contributed by atoms with Gasteiger partial charge in [-0.2, -0.15) is 0 Å². The van der Waals surface area contributed by atoms with Gasteiger partial charge in [-0.15, -0.1) is 0 Å². The van der Waals surface area contributed by atoms with E-state index in [4.69, 9.17) is 4.74 Å². The van der Waals surface area contributed by atoms with E-state index in [1.165, 1.54) is 35.1 Å². The first-order chi connectivity index (χ1) is 11.7. The van der Waals surface area contributed by atoms with E-state index in [1.807, 2.05) is 0 Å². The topological polar surface area (TPSA) is 21.3 Å². The van der Waals surface area contributed by atoms with Crippen molar-refractivity contribution in [2.75, 3.05) is 20.3 Å². The number of nitrogens with one attached hydrogen (secondary N) is 1. The molecule has 3 rings (SSSR count). The molecule has 0 fully saturated rings. The molecule has 128 valence electrons. The van der Waals surface area contributed by atoms with Gasteiger partial charge in [-0.25, -0.2) is 0 Å². The molecule has 2 aromatic carbocycles. The summed E-state index contributed by atoms with van der Waals surface area (Å²) in [7, 11) is 1.76. The summed E-state index contributed by atoms with van der Waals surface area (Å²) in [6.45, 7) is 6.18. The highest BCUT2D eigenvalue weighted by molar-refractivity contribution is 5.50. The summed E-state index contributed by atoms with van der Waals surface area (Å²) in [6.07, 6.45) is 3.58. The highest BCUT2D eigenvalue weighted by Gasteiger charge is 2.36. The van der Waals surface area contributed by atoms with Crippen molar-refractivity contribution in [2.24, 2.45) is 0 Å². The predicted molar refractivity (Wildman–Crippen MR) is 101 cm³/mol. The standard InChI is InChI=1S/C22H29NO/c1-4-9-17-16-18-10-5-7-12-20(18)22(2,23-14-15-24-3)21-13-8-6-11-19(17)21/h5-8,10-13,17,23H,4,9,14-16H2,1-3H3/t17-,22+/m1/s1. The van der Waals surface area contributed by atoms with Crippen LogP contribution in [0.2, 0.25) is 0 Å². The molecule has 2 nitrogen and oxygen atoms in total. The van der Waals surface area contributed by atoms with E-state index in [0.717, 1.165) is 19.6 Å². The highest BCUT2D eigenvalue weighted by Crippen LogP contribution is 2.42. The zero-order valence-corrected chi connectivity index (χ0v) is 15.1. The van der Waals surface area contributed by atoms with Gasteiger partial charge in [0.05, 0.1) is 12.1 Å². The van der Waals surface area contributed by atoms with E-state index in [0.29, 0.717) is 5.92 Å². The van der Waals surface area contributed by atoms with E-state index in [9.17, 15) is 0 Å². The maximum Gasteiger partial charge on any atom is 0.0668 e. The second-order valence-electron chi connectivity index (χ2n) is 6.98. The van der Waals surface area contributed by atoms with E-state index >= 15 is 0 Å². The highest BCUT2D eigenvalue weighted by atomic mass is 16.5. The minimum absolute atomic E-state index is 0.172. The van der Waals surface area contributed by atoms with Crippen molar-refractivity contribution in [1.29, 1.82) is 0 Å². The maximum atomic E-state index is 5.28. The molecule has 2 heteroatoms. The molecule has 0 aliphatic heterocycles. The third-order valence-corrected chi connectivity index (χ3v) is 5.38. The fourth-order valence-corrected chi connectivity index (χ4v) is 4.21. The van der Waals surface area contributed by atoms with Crippen LogP contribution in [-0.4, -0.2) is 20.3 Å². The summed E-state index contributed by atoms with van der Waals surface area (Å²) >= 11 is 0. The number of ether oxygens (including phenoxy) is 1. The van der Waals surface area contributed by atoms with Crippen LogP contribution in [0.15, 0.2) is 48.5 Å². The van der Waals surface area contributed by atoms with Crippen molar-refractivity contribution >= 4 is 0 Å². The van der Waals surface area contributed by atoms with Gasteiger partial charge in [0.2, 0.25) is 0 Å². The monoisotopic (exact) mass is 323 g/mol. The Morgan fingerprint density at radius 2 is 1.79 bits per heavy atom. The molecule has 1 aliphatic carbocycles. The Balaban J connectivity index is 2.14. The summed E-state index contributed by atoms with van der Waals surface area (Å²) in [5.74, 6) is 0.596. The minimum atomic E-state index is -0.172. The molecule has 0 aromatic heterocycles. The Kier molecular flexibility index (Phi) is 5.37. The van der Waals surface area contributed by atoms with Gasteiger partial charge >= 0.3 is 0 Å². The summed E-state index contributed by atoms with van der Waals surface area (Å²) in [6, 6.07) is 17.9. The summed E-state index contributed by atoms with van der Waals surface area (Å²) < 4.78 is 5.28. The van der Waals surface area contributed by atoms with Gasteiger partial charge in [-0.3, -0.25) is 0 Å². The molecule has 1 N–H and O–H groups in total. The number of hydrogen-bond acceptors (Lipinski definition) is 2. The number of hydrogen-bond donors (Lipinski definition) is 1. The molecule has 0 saturated heterocycles. The Morgan fingerprint density at radius 3 is 2.54 bits per heavy atom. The van der Waals surface area contributed by atoms with Crippen molar-refractivity contribution in [1.82, 2.24) is 5.32 Å². The van der Waals surface area contributed by atoms with Crippen molar-refractivity contribution in [3.8, 4) is 0 Å². The Bertz CT molecular complexity index is 681. The second kappa shape index (κ2) is 7.50. The van der Waals surface area contributed by atoms with Crippen molar-refractivity contribution in [3.63, 3.8) is 0 Å². The SMILES string of the molecule is CCC[C@@H]1Cc2ccccc2[C@](C)(NCCOC)c2ccccc21.